The molecule has 1 rings (SSSR count). The smallest absolute Gasteiger partial charge is 0.321 e. The van der Waals surface area contributed by atoms with Crippen LogP contribution in [0.4, 0.5) is 0 Å². The summed E-state index contributed by atoms with van der Waals surface area (Å²) < 4.78 is 10.4. The molecule has 0 bridgehead atoms. The molecule has 0 heterocycles. The number of ether oxygens (including phenoxy) is 2. The number of benzene rings is 1. The lowest BCUT2D eigenvalue weighted by Gasteiger charge is -2.20. The molecule has 0 amide bonds. The van der Waals surface area contributed by atoms with E-state index in [4.69, 9.17) is 20.3 Å². The molecule has 1 aromatic carbocycles. The topological polar surface area (TPSA) is 85.0 Å². The van der Waals surface area contributed by atoms with Crippen molar-refractivity contribution in [3.63, 3.8) is 0 Å². The Hall–Kier alpha value is -1.79. The predicted octanol–water partition coefficient (Wildman–Crippen LogP) is 0.548. The Kier molecular flexibility index (Phi) is 5.59. The minimum atomic E-state index is -1.01. The van der Waals surface area contributed by atoms with Crippen molar-refractivity contribution in [1.29, 1.82) is 0 Å². The van der Waals surface area contributed by atoms with E-state index in [1.54, 1.807) is 14.2 Å². The first kappa shape index (κ1) is 15.3. The normalized spacial score (nSPS) is 12.3. The van der Waals surface area contributed by atoms with Gasteiger partial charge in [0.25, 0.3) is 0 Å². The van der Waals surface area contributed by atoms with E-state index in [0.717, 1.165) is 17.1 Å². The van der Waals surface area contributed by atoms with Crippen molar-refractivity contribution in [3.05, 3.63) is 23.8 Å². The number of methoxy groups -OCH3 is 2. The van der Waals surface area contributed by atoms with Crippen molar-refractivity contribution in [2.45, 2.75) is 12.6 Å². The molecular formula is C13H20N2O4. The zero-order valence-corrected chi connectivity index (χ0v) is 11.4. The molecule has 0 aromatic heterocycles. The average Bonchev–Trinajstić information content (AvgIpc) is 2.38. The lowest BCUT2D eigenvalue weighted by molar-refractivity contribution is -0.138. The van der Waals surface area contributed by atoms with Gasteiger partial charge in [-0.15, -0.1) is 0 Å². The molecule has 0 saturated carbocycles. The van der Waals surface area contributed by atoms with Crippen molar-refractivity contribution in [3.8, 4) is 11.5 Å². The highest BCUT2D eigenvalue weighted by Crippen LogP contribution is 2.24. The third kappa shape index (κ3) is 4.42. The zero-order valence-electron chi connectivity index (χ0n) is 11.4. The molecule has 0 aliphatic rings. The number of nitrogens with two attached hydrogens (primary N) is 1. The Morgan fingerprint density at radius 1 is 1.42 bits per heavy atom. The number of nitrogens with zero attached hydrogens (tertiary/aromatic N) is 1. The van der Waals surface area contributed by atoms with E-state index in [1.165, 1.54) is 0 Å². The maximum atomic E-state index is 10.7. The Morgan fingerprint density at radius 3 is 2.63 bits per heavy atom. The third-order valence-corrected chi connectivity index (χ3v) is 2.75. The van der Waals surface area contributed by atoms with E-state index in [2.05, 4.69) is 0 Å². The number of likely N-dealkylation sites (N-methyl/N-ethyl adjacent to an activating group) is 1. The molecule has 1 atom stereocenters. The summed E-state index contributed by atoms with van der Waals surface area (Å²) in [6.07, 6.45) is 0. The molecule has 6 heteroatoms. The van der Waals surface area contributed by atoms with Gasteiger partial charge >= 0.3 is 5.97 Å². The van der Waals surface area contributed by atoms with Crippen molar-refractivity contribution < 1.29 is 19.4 Å². The number of hydrogen-bond acceptors (Lipinski definition) is 5. The summed E-state index contributed by atoms with van der Waals surface area (Å²) in [6, 6.07) is 4.59. The summed E-state index contributed by atoms with van der Waals surface area (Å²) >= 11 is 0. The monoisotopic (exact) mass is 268 g/mol. The van der Waals surface area contributed by atoms with Crippen LogP contribution in [-0.2, 0) is 11.3 Å². The van der Waals surface area contributed by atoms with Gasteiger partial charge in [-0.05, 0) is 25.2 Å². The van der Waals surface area contributed by atoms with Crippen molar-refractivity contribution in [1.82, 2.24) is 4.90 Å². The van der Waals surface area contributed by atoms with E-state index in [0.29, 0.717) is 6.54 Å². The van der Waals surface area contributed by atoms with Crippen molar-refractivity contribution in [2.75, 3.05) is 27.8 Å². The number of carbonyl (C=O) groups is 1. The number of carboxylic acid groups (broad SMARTS) is 1. The molecule has 106 valence electrons. The van der Waals surface area contributed by atoms with Gasteiger partial charge in [-0.3, -0.25) is 9.69 Å². The van der Waals surface area contributed by atoms with Gasteiger partial charge in [0, 0.05) is 18.7 Å². The van der Waals surface area contributed by atoms with Gasteiger partial charge in [0.05, 0.1) is 14.2 Å². The molecule has 0 radical (unpaired) electrons. The van der Waals surface area contributed by atoms with Gasteiger partial charge in [-0.25, -0.2) is 0 Å². The highest BCUT2D eigenvalue weighted by Gasteiger charge is 2.15. The van der Waals surface area contributed by atoms with E-state index in [1.807, 2.05) is 30.1 Å². The quantitative estimate of drug-likeness (QED) is 0.751. The number of hydrogen-bond donors (Lipinski definition) is 2. The number of rotatable bonds is 7. The number of aliphatic carboxylic acids is 1. The molecule has 0 spiro atoms. The summed E-state index contributed by atoms with van der Waals surface area (Å²) in [5, 5.41) is 8.78. The highest BCUT2D eigenvalue weighted by atomic mass is 16.5. The number of carboxylic acids is 1. The molecule has 1 unspecified atom stereocenters. The van der Waals surface area contributed by atoms with Gasteiger partial charge in [-0.2, -0.15) is 0 Å². The van der Waals surface area contributed by atoms with E-state index in [9.17, 15) is 4.79 Å². The standard InChI is InChI=1S/C13H20N2O4/c1-15(8-11(14)13(16)17)7-9-6-10(18-2)4-5-12(9)19-3/h4-6,11H,7-8,14H2,1-3H3,(H,16,17). The van der Waals surface area contributed by atoms with Crippen molar-refractivity contribution >= 4 is 5.97 Å². The van der Waals surface area contributed by atoms with Crippen LogP contribution in [0.2, 0.25) is 0 Å². The molecular weight excluding hydrogens is 248 g/mol. The first-order valence-corrected chi connectivity index (χ1v) is 5.85. The van der Waals surface area contributed by atoms with Gasteiger partial charge in [0.1, 0.15) is 17.5 Å². The second kappa shape index (κ2) is 6.96. The summed E-state index contributed by atoms with van der Waals surface area (Å²) in [7, 11) is 4.99. The van der Waals surface area contributed by atoms with Crippen molar-refractivity contribution in [2.24, 2.45) is 5.73 Å². The highest BCUT2D eigenvalue weighted by molar-refractivity contribution is 5.73. The Balaban J connectivity index is 2.77. The fourth-order valence-electron chi connectivity index (χ4n) is 1.77. The Morgan fingerprint density at radius 2 is 2.11 bits per heavy atom. The predicted molar refractivity (Wildman–Crippen MR) is 71.5 cm³/mol. The minimum absolute atomic E-state index is 0.260. The maximum Gasteiger partial charge on any atom is 0.321 e. The molecule has 6 nitrogen and oxygen atoms in total. The van der Waals surface area contributed by atoms with Crippen LogP contribution in [0.15, 0.2) is 18.2 Å². The minimum Gasteiger partial charge on any atom is -0.497 e. The summed E-state index contributed by atoms with van der Waals surface area (Å²) in [5.74, 6) is 0.452. The SMILES string of the molecule is COc1ccc(OC)c(CN(C)CC(N)C(=O)O)c1. The second-order valence-corrected chi connectivity index (χ2v) is 4.32. The van der Waals surface area contributed by atoms with Crippen LogP contribution in [0.1, 0.15) is 5.56 Å². The molecule has 0 saturated heterocycles. The van der Waals surface area contributed by atoms with Gasteiger partial charge in [0.2, 0.25) is 0 Å². The lowest BCUT2D eigenvalue weighted by Crippen LogP contribution is -2.40. The van der Waals surface area contributed by atoms with E-state index >= 15 is 0 Å². The summed E-state index contributed by atoms with van der Waals surface area (Å²) in [6.45, 7) is 0.789. The Labute approximate surface area is 112 Å². The van der Waals surface area contributed by atoms with Gasteiger partial charge in [0.15, 0.2) is 0 Å². The van der Waals surface area contributed by atoms with Crippen LogP contribution in [0.3, 0.4) is 0 Å². The summed E-state index contributed by atoms with van der Waals surface area (Å²) in [4.78, 5) is 12.5. The van der Waals surface area contributed by atoms with Gasteiger partial charge in [-0.1, -0.05) is 0 Å². The largest absolute Gasteiger partial charge is 0.497 e. The molecule has 0 fully saturated rings. The second-order valence-electron chi connectivity index (χ2n) is 4.32. The van der Waals surface area contributed by atoms with Crippen LogP contribution in [0, 0.1) is 0 Å². The fourth-order valence-corrected chi connectivity index (χ4v) is 1.77. The molecule has 19 heavy (non-hydrogen) atoms. The lowest BCUT2D eigenvalue weighted by atomic mass is 10.1. The maximum absolute atomic E-state index is 10.7. The van der Waals surface area contributed by atoms with E-state index in [-0.39, 0.29) is 6.54 Å². The molecule has 0 aliphatic carbocycles. The zero-order chi connectivity index (χ0) is 14.4. The first-order chi connectivity index (χ1) is 8.97. The van der Waals surface area contributed by atoms with Crippen LogP contribution < -0.4 is 15.2 Å². The molecule has 0 aliphatic heterocycles. The van der Waals surface area contributed by atoms with Crippen LogP contribution in [-0.4, -0.2) is 49.8 Å². The van der Waals surface area contributed by atoms with Crippen LogP contribution in [0.5, 0.6) is 11.5 Å². The summed E-state index contributed by atoms with van der Waals surface area (Å²) in [5.41, 5.74) is 6.42. The van der Waals surface area contributed by atoms with Crippen LogP contribution >= 0.6 is 0 Å². The van der Waals surface area contributed by atoms with Gasteiger partial charge < -0.3 is 20.3 Å². The first-order valence-electron chi connectivity index (χ1n) is 5.85. The van der Waals surface area contributed by atoms with E-state index < -0.39 is 12.0 Å². The average molecular weight is 268 g/mol. The molecule has 1 aromatic rings. The van der Waals surface area contributed by atoms with Crippen LogP contribution in [0.25, 0.3) is 0 Å². The third-order valence-electron chi connectivity index (χ3n) is 2.75. The molecule has 3 N–H and O–H groups in total. The fraction of sp³-hybridized carbons (Fsp3) is 0.462. The Bertz CT molecular complexity index is 437.